The molecular weight excluding hydrogens is 258 g/mol. The normalized spacial score (nSPS) is 18.9. The Hall–Kier alpha value is -1.98. The third-order valence-corrected chi connectivity index (χ3v) is 3.57. The third-order valence-electron chi connectivity index (χ3n) is 3.57. The lowest BCUT2D eigenvalue weighted by Gasteiger charge is -2.32. The molecule has 2 rings (SSSR count). The van der Waals surface area contributed by atoms with Crippen LogP contribution in [0.15, 0.2) is 12.4 Å². The standard InChI is InChI=1S/C14H19N3O3/c1-10-7-16-12(8-15-10)14(20)17-6-2-3-11(9-17)4-5-13(18)19/h7-8,11H,2-6,9H2,1H3,(H,18,19). The maximum absolute atomic E-state index is 12.3. The first-order valence-electron chi connectivity index (χ1n) is 6.86. The van der Waals surface area contributed by atoms with Crippen LogP contribution in [-0.4, -0.2) is 44.9 Å². The first kappa shape index (κ1) is 14.4. The van der Waals surface area contributed by atoms with Gasteiger partial charge in [-0.1, -0.05) is 0 Å². The number of piperidine rings is 1. The molecule has 6 nitrogen and oxygen atoms in total. The number of amides is 1. The molecule has 0 spiro atoms. The Balaban J connectivity index is 1.96. The van der Waals surface area contributed by atoms with Crippen molar-refractivity contribution < 1.29 is 14.7 Å². The Labute approximate surface area is 117 Å². The number of rotatable bonds is 4. The number of likely N-dealkylation sites (tertiary alicyclic amines) is 1. The van der Waals surface area contributed by atoms with Crippen LogP contribution in [0, 0.1) is 12.8 Å². The topological polar surface area (TPSA) is 83.4 Å². The second-order valence-corrected chi connectivity index (χ2v) is 5.23. The van der Waals surface area contributed by atoms with Crippen molar-refractivity contribution in [2.75, 3.05) is 13.1 Å². The molecule has 2 heterocycles. The highest BCUT2D eigenvalue weighted by Gasteiger charge is 2.25. The van der Waals surface area contributed by atoms with Crippen LogP contribution in [0.25, 0.3) is 0 Å². The molecule has 1 fully saturated rings. The fraction of sp³-hybridized carbons (Fsp3) is 0.571. The summed E-state index contributed by atoms with van der Waals surface area (Å²) in [5.74, 6) is -0.627. The van der Waals surface area contributed by atoms with Gasteiger partial charge in [0.05, 0.1) is 11.9 Å². The number of aryl methyl sites for hydroxylation is 1. The van der Waals surface area contributed by atoms with Crippen molar-refractivity contribution in [3.8, 4) is 0 Å². The summed E-state index contributed by atoms with van der Waals surface area (Å²) in [7, 11) is 0. The number of aromatic nitrogens is 2. The van der Waals surface area contributed by atoms with E-state index in [1.807, 2.05) is 6.92 Å². The van der Waals surface area contributed by atoms with Crippen molar-refractivity contribution in [3.05, 3.63) is 23.8 Å². The lowest BCUT2D eigenvalue weighted by atomic mass is 9.93. The van der Waals surface area contributed by atoms with E-state index in [0.717, 1.165) is 18.5 Å². The average Bonchev–Trinajstić information content (AvgIpc) is 2.45. The molecule has 0 aliphatic carbocycles. The molecule has 6 heteroatoms. The minimum Gasteiger partial charge on any atom is -0.481 e. The van der Waals surface area contributed by atoms with E-state index in [2.05, 4.69) is 9.97 Å². The van der Waals surface area contributed by atoms with Crippen LogP contribution < -0.4 is 0 Å². The Bertz CT molecular complexity index is 487. The van der Waals surface area contributed by atoms with Gasteiger partial charge in [0.2, 0.25) is 0 Å². The number of hydrogen-bond donors (Lipinski definition) is 1. The lowest BCUT2D eigenvalue weighted by molar-refractivity contribution is -0.137. The van der Waals surface area contributed by atoms with Crippen molar-refractivity contribution in [2.45, 2.75) is 32.6 Å². The predicted molar refractivity (Wildman–Crippen MR) is 72.3 cm³/mol. The predicted octanol–water partition coefficient (Wildman–Crippen LogP) is 1.50. The van der Waals surface area contributed by atoms with Gasteiger partial charge in [-0.15, -0.1) is 0 Å². The highest BCUT2D eigenvalue weighted by atomic mass is 16.4. The van der Waals surface area contributed by atoms with Gasteiger partial charge in [-0.05, 0) is 32.1 Å². The summed E-state index contributed by atoms with van der Waals surface area (Å²) in [4.78, 5) is 32.9. The van der Waals surface area contributed by atoms with Crippen LogP contribution >= 0.6 is 0 Å². The zero-order valence-electron chi connectivity index (χ0n) is 11.6. The molecule has 1 aliphatic heterocycles. The maximum atomic E-state index is 12.3. The average molecular weight is 277 g/mol. The van der Waals surface area contributed by atoms with Crippen LogP contribution in [0.1, 0.15) is 41.9 Å². The van der Waals surface area contributed by atoms with E-state index in [1.165, 1.54) is 6.20 Å². The van der Waals surface area contributed by atoms with Gasteiger partial charge in [0.1, 0.15) is 5.69 Å². The molecule has 20 heavy (non-hydrogen) atoms. The Morgan fingerprint density at radius 1 is 1.40 bits per heavy atom. The third kappa shape index (κ3) is 3.76. The number of carbonyl (C=O) groups is 2. The van der Waals surface area contributed by atoms with Crippen molar-refractivity contribution in [2.24, 2.45) is 5.92 Å². The van der Waals surface area contributed by atoms with Gasteiger partial charge in [-0.25, -0.2) is 4.98 Å². The van der Waals surface area contributed by atoms with Crippen molar-refractivity contribution in [1.29, 1.82) is 0 Å². The van der Waals surface area contributed by atoms with E-state index in [0.29, 0.717) is 25.2 Å². The first-order chi connectivity index (χ1) is 9.56. The highest BCUT2D eigenvalue weighted by Crippen LogP contribution is 2.22. The van der Waals surface area contributed by atoms with E-state index >= 15 is 0 Å². The van der Waals surface area contributed by atoms with E-state index in [1.54, 1.807) is 11.1 Å². The zero-order chi connectivity index (χ0) is 14.5. The van der Waals surface area contributed by atoms with Gasteiger partial charge in [-0.2, -0.15) is 0 Å². The minimum atomic E-state index is -0.780. The Morgan fingerprint density at radius 3 is 2.85 bits per heavy atom. The molecule has 1 aromatic heterocycles. The number of carboxylic acids is 1. The zero-order valence-corrected chi connectivity index (χ0v) is 11.6. The second kappa shape index (κ2) is 6.45. The molecule has 0 bridgehead atoms. The van der Waals surface area contributed by atoms with E-state index in [4.69, 9.17) is 5.11 Å². The summed E-state index contributed by atoms with van der Waals surface area (Å²) in [6, 6.07) is 0. The monoisotopic (exact) mass is 277 g/mol. The lowest BCUT2D eigenvalue weighted by Crippen LogP contribution is -2.40. The molecule has 1 aliphatic rings. The molecule has 0 saturated carbocycles. The molecule has 0 radical (unpaired) electrons. The molecule has 108 valence electrons. The molecule has 1 N–H and O–H groups in total. The van der Waals surface area contributed by atoms with Gasteiger partial charge in [0.25, 0.3) is 5.91 Å². The van der Waals surface area contributed by atoms with Crippen molar-refractivity contribution in [3.63, 3.8) is 0 Å². The van der Waals surface area contributed by atoms with Crippen molar-refractivity contribution >= 4 is 11.9 Å². The van der Waals surface area contributed by atoms with Gasteiger partial charge >= 0.3 is 5.97 Å². The summed E-state index contributed by atoms with van der Waals surface area (Å²) < 4.78 is 0. The summed E-state index contributed by atoms with van der Waals surface area (Å²) in [5, 5.41) is 8.72. The minimum absolute atomic E-state index is 0.113. The number of carbonyl (C=O) groups excluding carboxylic acids is 1. The molecule has 1 amide bonds. The maximum Gasteiger partial charge on any atom is 0.303 e. The number of carboxylic acid groups (broad SMARTS) is 1. The number of aliphatic carboxylic acids is 1. The van der Waals surface area contributed by atoms with Crippen molar-refractivity contribution in [1.82, 2.24) is 14.9 Å². The summed E-state index contributed by atoms with van der Waals surface area (Å²) in [5.41, 5.74) is 1.13. The largest absolute Gasteiger partial charge is 0.481 e. The van der Waals surface area contributed by atoms with Crippen LogP contribution in [0.2, 0.25) is 0 Å². The quantitative estimate of drug-likeness (QED) is 0.901. The summed E-state index contributed by atoms with van der Waals surface area (Å²) >= 11 is 0. The van der Waals surface area contributed by atoms with Crippen LogP contribution in [0.4, 0.5) is 0 Å². The van der Waals surface area contributed by atoms with Crippen LogP contribution in [0.3, 0.4) is 0 Å². The first-order valence-corrected chi connectivity index (χ1v) is 6.86. The molecular formula is C14H19N3O3. The van der Waals surface area contributed by atoms with Gasteiger partial charge in [-0.3, -0.25) is 14.6 Å². The molecule has 1 unspecified atom stereocenters. The van der Waals surface area contributed by atoms with Crippen LogP contribution in [-0.2, 0) is 4.79 Å². The number of nitrogens with zero attached hydrogens (tertiary/aromatic N) is 3. The fourth-order valence-electron chi connectivity index (χ4n) is 2.48. The Kier molecular flexibility index (Phi) is 4.65. The van der Waals surface area contributed by atoms with E-state index < -0.39 is 5.97 Å². The SMILES string of the molecule is Cc1cnc(C(=O)N2CCCC(CCC(=O)O)C2)cn1. The smallest absolute Gasteiger partial charge is 0.303 e. The van der Waals surface area contributed by atoms with Crippen LogP contribution in [0.5, 0.6) is 0 Å². The summed E-state index contributed by atoms with van der Waals surface area (Å²) in [6.07, 6.45) is 5.76. The van der Waals surface area contributed by atoms with E-state index in [-0.39, 0.29) is 18.2 Å². The molecule has 0 aromatic carbocycles. The van der Waals surface area contributed by atoms with Gasteiger partial charge < -0.3 is 10.0 Å². The van der Waals surface area contributed by atoms with E-state index in [9.17, 15) is 9.59 Å². The van der Waals surface area contributed by atoms with Gasteiger partial charge in [0.15, 0.2) is 0 Å². The molecule has 1 saturated heterocycles. The number of hydrogen-bond acceptors (Lipinski definition) is 4. The Morgan fingerprint density at radius 2 is 2.20 bits per heavy atom. The second-order valence-electron chi connectivity index (χ2n) is 5.23. The molecule has 1 atom stereocenters. The van der Waals surface area contributed by atoms with Gasteiger partial charge in [0, 0.05) is 25.7 Å². The summed E-state index contributed by atoms with van der Waals surface area (Å²) in [6.45, 7) is 3.14. The fourth-order valence-corrected chi connectivity index (χ4v) is 2.48. The highest BCUT2D eigenvalue weighted by molar-refractivity contribution is 5.92. The molecule has 1 aromatic rings.